The zero-order valence-corrected chi connectivity index (χ0v) is 8.31. The van der Waals surface area contributed by atoms with E-state index in [-0.39, 0.29) is 0 Å². The van der Waals surface area contributed by atoms with Gasteiger partial charge in [0.2, 0.25) is 0 Å². The maximum Gasteiger partial charge on any atom is 0.0474 e. The number of methoxy groups -OCH3 is 1. The molecule has 0 rings (SSSR count). The first-order valence-electron chi connectivity index (χ1n) is 4.71. The van der Waals surface area contributed by atoms with Crippen molar-refractivity contribution in [3.63, 3.8) is 0 Å². The van der Waals surface area contributed by atoms with Crippen molar-refractivity contribution in [3.8, 4) is 0 Å². The Kier molecular flexibility index (Phi) is 8.88. The van der Waals surface area contributed by atoms with E-state index in [1.165, 1.54) is 6.42 Å². The quantitative estimate of drug-likeness (QED) is 0.530. The van der Waals surface area contributed by atoms with E-state index in [4.69, 9.17) is 10.5 Å². The third-order valence-electron chi connectivity index (χ3n) is 1.92. The summed E-state index contributed by atoms with van der Waals surface area (Å²) in [7, 11) is 1.73. The lowest BCUT2D eigenvalue weighted by atomic mass is 10.1. The van der Waals surface area contributed by atoms with E-state index in [9.17, 15) is 0 Å². The van der Waals surface area contributed by atoms with E-state index in [0.29, 0.717) is 5.92 Å². The number of hydrogen-bond donors (Lipinski definition) is 2. The molecule has 0 saturated heterocycles. The molecule has 3 N–H and O–H groups in total. The third kappa shape index (κ3) is 7.98. The smallest absolute Gasteiger partial charge is 0.0474 e. The molecule has 3 heteroatoms. The summed E-state index contributed by atoms with van der Waals surface area (Å²) in [6.07, 6.45) is 2.26. The average Bonchev–Trinajstić information content (AvgIpc) is 2.10. The number of rotatable bonds is 8. The predicted molar refractivity (Wildman–Crippen MR) is 52.2 cm³/mol. The van der Waals surface area contributed by atoms with Crippen LogP contribution in [0.25, 0.3) is 0 Å². The van der Waals surface area contributed by atoms with Gasteiger partial charge in [-0.05, 0) is 38.4 Å². The summed E-state index contributed by atoms with van der Waals surface area (Å²) in [6, 6.07) is 0. The highest BCUT2D eigenvalue weighted by atomic mass is 16.5. The van der Waals surface area contributed by atoms with Crippen LogP contribution >= 0.6 is 0 Å². The molecular formula is C9H22N2O. The fourth-order valence-corrected chi connectivity index (χ4v) is 0.933. The monoisotopic (exact) mass is 174 g/mol. The summed E-state index contributed by atoms with van der Waals surface area (Å²) in [4.78, 5) is 0. The van der Waals surface area contributed by atoms with E-state index in [1.807, 2.05) is 0 Å². The molecule has 0 aromatic carbocycles. The van der Waals surface area contributed by atoms with E-state index in [2.05, 4.69) is 12.2 Å². The van der Waals surface area contributed by atoms with Crippen molar-refractivity contribution in [3.05, 3.63) is 0 Å². The molecule has 0 aliphatic carbocycles. The topological polar surface area (TPSA) is 47.3 Å². The van der Waals surface area contributed by atoms with Gasteiger partial charge in [-0.1, -0.05) is 6.92 Å². The fourth-order valence-electron chi connectivity index (χ4n) is 0.933. The molecular weight excluding hydrogens is 152 g/mol. The lowest BCUT2D eigenvalue weighted by Crippen LogP contribution is -2.22. The van der Waals surface area contributed by atoms with Gasteiger partial charge in [0, 0.05) is 13.7 Å². The summed E-state index contributed by atoms with van der Waals surface area (Å²) >= 11 is 0. The highest BCUT2D eigenvalue weighted by molar-refractivity contribution is 4.55. The molecule has 0 spiro atoms. The second kappa shape index (κ2) is 8.97. The zero-order valence-electron chi connectivity index (χ0n) is 8.31. The summed E-state index contributed by atoms with van der Waals surface area (Å²) in [5.74, 6) is 0.639. The number of hydrogen-bond acceptors (Lipinski definition) is 3. The molecule has 0 aromatic heterocycles. The molecule has 0 aromatic rings. The Morgan fingerprint density at radius 2 is 2.17 bits per heavy atom. The second-order valence-electron chi connectivity index (χ2n) is 3.23. The Bertz CT molecular complexity index is 88.6. The Morgan fingerprint density at radius 3 is 2.75 bits per heavy atom. The number of nitrogens with one attached hydrogen (secondary N) is 1. The first kappa shape index (κ1) is 11.9. The largest absolute Gasteiger partial charge is 0.385 e. The fraction of sp³-hybridized carbons (Fsp3) is 1.00. The maximum atomic E-state index is 5.49. The van der Waals surface area contributed by atoms with Gasteiger partial charge in [0.25, 0.3) is 0 Å². The summed E-state index contributed by atoms with van der Waals surface area (Å²) in [6.45, 7) is 5.93. The Morgan fingerprint density at radius 1 is 1.42 bits per heavy atom. The van der Waals surface area contributed by atoms with Crippen molar-refractivity contribution in [1.82, 2.24) is 5.32 Å². The molecule has 0 bridgehead atoms. The van der Waals surface area contributed by atoms with E-state index in [1.54, 1.807) is 7.11 Å². The highest BCUT2D eigenvalue weighted by Gasteiger charge is 1.96. The first-order valence-corrected chi connectivity index (χ1v) is 4.71. The number of ether oxygens (including phenoxy) is 1. The van der Waals surface area contributed by atoms with Gasteiger partial charge in [-0.2, -0.15) is 0 Å². The van der Waals surface area contributed by atoms with Crippen LogP contribution in [0, 0.1) is 5.92 Å². The molecule has 3 nitrogen and oxygen atoms in total. The van der Waals surface area contributed by atoms with E-state index < -0.39 is 0 Å². The Balaban J connectivity index is 2.90. The molecule has 0 amide bonds. The minimum Gasteiger partial charge on any atom is -0.385 e. The van der Waals surface area contributed by atoms with Crippen molar-refractivity contribution in [2.75, 3.05) is 33.4 Å². The minimum absolute atomic E-state index is 0.639. The van der Waals surface area contributed by atoms with Gasteiger partial charge in [0.1, 0.15) is 0 Å². The summed E-state index contributed by atoms with van der Waals surface area (Å²) in [5.41, 5.74) is 5.49. The molecule has 74 valence electrons. The van der Waals surface area contributed by atoms with Crippen LogP contribution in [0.4, 0.5) is 0 Å². The van der Waals surface area contributed by atoms with Gasteiger partial charge in [-0.15, -0.1) is 0 Å². The molecule has 1 atom stereocenters. The lowest BCUT2D eigenvalue weighted by Gasteiger charge is -2.08. The van der Waals surface area contributed by atoms with Gasteiger partial charge < -0.3 is 15.8 Å². The summed E-state index contributed by atoms with van der Waals surface area (Å²) < 4.78 is 4.93. The molecule has 0 aliphatic rings. The van der Waals surface area contributed by atoms with Crippen LogP contribution in [0.15, 0.2) is 0 Å². The van der Waals surface area contributed by atoms with Crippen LogP contribution in [-0.4, -0.2) is 33.4 Å². The van der Waals surface area contributed by atoms with Crippen LogP contribution in [0.1, 0.15) is 19.8 Å². The maximum absolute atomic E-state index is 5.49. The average molecular weight is 174 g/mol. The van der Waals surface area contributed by atoms with Crippen LogP contribution < -0.4 is 11.1 Å². The van der Waals surface area contributed by atoms with Gasteiger partial charge in [0.05, 0.1) is 0 Å². The highest BCUT2D eigenvalue weighted by Crippen LogP contribution is 1.95. The molecule has 0 saturated carbocycles. The zero-order chi connectivity index (χ0) is 9.23. The molecule has 0 fully saturated rings. The standard InChI is InChI=1S/C9H22N2O/c1-9(8-10)4-6-11-5-3-7-12-2/h9,11H,3-8,10H2,1-2H3. The summed E-state index contributed by atoms with van der Waals surface area (Å²) in [5, 5.41) is 3.35. The molecule has 12 heavy (non-hydrogen) atoms. The Hall–Kier alpha value is -0.120. The number of nitrogens with two attached hydrogens (primary N) is 1. The van der Waals surface area contributed by atoms with Crippen molar-refractivity contribution >= 4 is 0 Å². The lowest BCUT2D eigenvalue weighted by molar-refractivity contribution is 0.194. The van der Waals surface area contributed by atoms with Crippen LogP contribution in [0.3, 0.4) is 0 Å². The minimum atomic E-state index is 0.639. The van der Waals surface area contributed by atoms with Crippen molar-refractivity contribution in [1.29, 1.82) is 0 Å². The van der Waals surface area contributed by atoms with Crippen molar-refractivity contribution in [2.24, 2.45) is 11.7 Å². The van der Waals surface area contributed by atoms with Gasteiger partial charge in [-0.3, -0.25) is 0 Å². The van der Waals surface area contributed by atoms with E-state index >= 15 is 0 Å². The first-order chi connectivity index (χ1) is 5.81. The Labute approximate surface area is 75.7 Å². The molecule has 0 radical (unpaired) electrons. The van der Waals surface area contributed by atoms with Crippen molar-refractivity contribution < 1.29 is 4.74 Å². The van der Waals surface area contributed by atoms with Crippen LogP contribution in [0.2, 0.25) is 0 Å². The van der Waals surface area contributed by atoms with E-state index in [0.717, 1.165) is 32.7 Å². The predicted octanol–water partition coefficient (Wildman–Crippen LogP) is 0.597. The van der Waals surface area contributed by atoms with Crippen LogP contribution in [-0.2, 0) is 4.74 Å². The molecule has 0 aliphatic heterocycles. The molecule has 0 heterocycles. The van der Waals surface area contributed by atoms with Crippen molar-refractivity contribution in [2.45, 2.75) is 19.8 Å². The van der Waals surface area contributed by atoms with Crippen LogP contribution in [0.5, 0.6) is 0 Å². The second-order valence-corrected chi connectivity index (χ2v) is 3.23. The van der Waals surface area contributed by atoms with Gasteiger partial charge in [-0.25, -0.2) is 0 Å². The molecule has 1 unspecified atom stereocenters. The third-order valence-corrected chi connectivity index (χ3v) is 1.92. The van der Waals surface area contributed by atoms with Gasteiger partial charge in [0.15, 0.2) is 0 Å². The van der Waals surface area contributed by atoms with Gasteiger partial charge >= 0.3 is 0 Å². The normalized spacial score (nSPS) is 13.2. The SMILES string of the molecule is COCCCNCCC(C)CN.